The van der Waals surface area contributed by atoms with E-state index >= 15 is 0 Å². The van der Waals surface area contributed by atoms with Crippen LogP contribution in [-0.2, 0) is 16.1 Å². The number of benzene rings is 2. The fourth-order valence-electron chi connectivity index (χ4n) is 3.88. The van der Waals surface area contributed by atoms with Crippen molar-refractivity contribution in [2.24, 2.45) is 5.10 Å². The summed E-state index contributed by atoms with van der Waals surface area (Å²) in [6.45, 7) is 5.92. The van der Waals surface area contributed by atoms with E-state index in [2.05, 4.69) is 57.0 Å². The lowest BCUT2D eigenvalue weighted by Gasteiger charge is -2.11. The van der Waals surface area contributed by atoms with E-state index < -0.39 is 11.9 Å². The van der Waals surface area contributed by atoms with E-state index in [4.69, 9.17) is 30.2 Å². The van der Waals surface area contributed by atoms with Gasteiger partial charge in [0.2, 0.25) is 0 Å². The molecule has 0 saturated carbocycles. The van der Waals surface area contributed by atoms with Crippen LogP contribution in [0.25, 0.3) is 5.69 Å². The summed E-state index contributed by atoms with van der Waals surface area (Å²) in [5, 5.41) is 4.38. The van der Waals surface area contributed by atoms with Gasteiger partial charge in [-0.3, -0.25) is 4.79 Å². The van der Waals surface area contributed by atoms with Gasteiger partial charge in [0.25, 0.3) is 0 Å². The monoisotopic (exact) mass is 627 g/mol. The van der Waals surface area contributed by atoms with E-state index in [1.165, 1.54) is 12.3 Å². The number of aryl methyl sites for hydroxylation is 2. The fourth-order valence-corrected chi connectivity index (χ4v) is 4.83. The molecule has 0 aliphatic heterocycles. The van der Waals surface area contributed by atoms with Gasteiger partial charge in [-0.2, -0.15) is 5.10 Å². The van der Waals surface area contributed by atoms with E-state index in [0.29, 0.717) is 32.3 Å². The van der Waals surface area contributed by atoms with Crippen LogP contribution in [0, 0.1) is 13.8 Å². The highest BCUT2D eigenvalue weighted by molar-refractivity contribution is 9.10. The average Bonchev–Trinajstić information content (AvgIpc) is 3.53. The first-order chi connectivity index (χ1) is 19.2. The van der Waals surface area contributed by atoms with Crippen LogP contribution in [0.3, 0.4) is 0 Å². The zero-order chi connectivity index (χ0) is 28.6. The summed E-state index contributed by atoms with van der Waals surface area (Å²) in [5.41, 5.74) is 6.19. The van der Waals surface area contributed by atoms with Crippen LogP contribution >= 0.6 is 27.5 Å². The van der Waals surface area contributed by atoms with E-state index in [9.17, 15) is 9.59 Å². The van der Waals surface area contributed by atoms with Gasteiger partial charge in [0, 0.05) is 27.7 Å². The molecule has 1 N–H and O–H groups in total. The minimum Gasteiger partial charge on any atom is -0.486 e. The second-order valence-corrected chi connectivity index (χ2v) is 9.89. The molecule has 1 amide bonds. The van der Waals surface area contributed by atoms with Crippen molar-refractivity contribution >= 4 is 45.6 Å². The number of furan rings is 1. The SMILES string of the molecule is CCOC(=O)COc1c(Br)cc(Cl)cc1/C=N/NC(=O)c1ccc(COc2ccc(-n3c(C)ccc3C)cc2)o1. The van der Waals surface area contributed by atoms with Gasteiger partial charge in [0.05, 0.1) is 17.3 Å². The first-order valence-electron chi connectivity index (χ1n) is 12.3. The van der Waals surface area contributed by atoms with E-state index in [1.54, 1.807) is 25.1 Å². The predicted octanol–water partition coefficient (Wildman–Crippen LogP) is 6.39. The van der Waals surface area contributed by atoms with Crippen molar-refractivity contribution in [3.05, 3.63) is 98.6 Å². The Morgan fingerprint density at radius 3 is 2.48 bits per heavy atom. The number of hydrogen-bond donors (Lipinski definition) is 1. The molecule has 2 aromatic heterocycles. The van der Waals surface area contributed by atoms with Crippen molar-refractivity contribution in [3.8, 4) is 17.2 Å². The Hall–Kier alpha value is -4.02. The molecule has 0 saturated heterocycles. The molecule has 0 bridgehead atoms. The highest BCUT2D eigenvalue weighted by Gasteiger charge is 2.14. The van der Waals surface area contributed by atoms with Gasteiger partial charge in [0.15, 0.2) is 12.4 Å². The molecule has 9 nitrogen and oxygen atoms in total. The number of ether oxygens (including phenoxy) is 3. The molecule has 4 rings (SSSR count). The van der Waals surface area contributed by atoms with E-state index in [-0.39, 0.29) is 25.6 Å². The standard InChI is InChI=1S/C29H27BrClN3O6/c1-4-37-27(35)17-39-28-20(13-21(31)14-25(28)30)15-32-33-29(36)26-12-11-24(40-26)16-38-23-9-7-22(8-10-23)34-18(2)5-6-19(34)3/h5-15H,4,16-17H2,1-3H3,(H,33,36)/b32-15+. The fraction of sp³-hybridized carbons (Fsp3) is 0.207. The van der Waals surface area contributed by atoms with Crippen molar-refractivity contribution in [1.29, 1.82) is 0 Å². The Morgan fingerprint density at radius 1 is 1.05 bits per heavy atom. The molecule has 0 atom stereocenters. The lowest BCUT2D eigenvalue weighted by Crippen LogP contribution is -2.17. The van der Waals surface area contributed by atoms with Gasteiger partial charge in [-0.05, 0) is 97.4 Å². The summed E-state index contributed by atoms with van der Waals surface area (Å²) in [6.07, 6.45) is 1.35. The number of carbonyl (C=O) groups is 2. The minimum atomic E-state index is -0.556. The van der Waals surface area contributed by atoms with Crippen LogP contribution in [0.5, 0.6) is 11.5 Å². The maximum atomic E-state index is 12.5. The Morgan fingerprint density at radius 2 is 1.77 bits per heavy atom. The molecule has 0 spiro atoms. The van der Waals surface area contributed by atoms with Crippen LogP contribution < -0.4 is 14.9 Å². The second kappa shape index (κ2) is 13.4. The number of hydrazone groups is 1. The zero-order valence-corrected chi connectivity index (χ0v) is 24.4. The minimum absolute atomic E-state index is 0.0655. The maximum absolute atomic E-state index is 12.5. The average molecular weight is 629 g/mol. The van der Waals surface area contributed by atoms with Crippen molar-refractivity contribution in [2.45, 2.75) is 27.4 Å². The number of nitrogens with one attached hydrogen (secondary N) is 1. The third-order valence-corrected chi connectivity index (χ3v) is 6.49. The quantitative estimate of drug-likeness (QED) is 0.117. The molecular weight excluding hydrogens is 602 g/mol. The normalized spacial score (nSPS) is 11.0. The number of nitrogens with zero attached hydrogens (tertiary/aromatic N) is 2. The van der Waals surface area contributed by atoms with Gasteiger partial charge in [-0.1, -0.05) is 11.6 Å². The summed E-state index contributed by atoms with van der Waals surface area (Å²) in [4.78, 5) is 24.2. The summed E-state index contributed by atoms with van der Waals surface area (Å²) in [5.74, 6) is 0.461. The first kappa shape index (κ1) is 29.0. The van der Waals surface area contributed by atoms with Gasteiger partial charge < -0.3 is 23.2 Å². The van der Waals surface area contributed by atoms with Gasteiger partial charge in [-0.15, -0.1) is 0 Å². The van der Waals surface area contributed by atoms with E-state index in [0.717, 1.165) is 17.1 Å². The molecule has 0 fully saturated rings. The van der Waals surface area contributed by atoms with Crippen LogP contribution in [-0.4, -0.2) is 35.9 Å². The molecular formula is C29H27BrClN3O6. The Labute approximate surface area is 244 Å². The van der Waals surface area contributed by atoms with Crippen LogP contribution in [0.4, 0.5) is 0 Å². The lowest BCUT2D eigenvalue weighted by atomic mass is 10.2. The number of esters is 1. The smallest absolute Gasteiger partial charge is 0.344 e. The molecule has 2 heterocycles. The zero-order valence-electron chi connectivity index (χ0n) is 22.1. The highest BCUT2D eigenvalue weighted by Crippen LogP contribution is 2.32. The summed E-state index contributed by atoms with van der Waals surface area (Å²) in [6, 6.07) is 18.3. The molecule has 0 aliphatic carbocycles. The Kier molecular flexibility index (Phi) is 9.68. The van der Waals surface area contributed by atoms with Crippen molar-refractivity contribution in [2.75, 3.05) is 13.2 Å². The number of hydrogen-bond acceptors (Lipinski definition) is 7. The maximum Gasteiger partial charge on any atom is 0.344 e. The van der Waals surface area contributed by atoms with Gasteiger partial charge in [-0.25, -0.2) is 10.2 Å². The predicted molar refractivity (Wildman–Crippen MR) is 155 cm³/mol. The number of aromatic nitrogens is 1. The Bertz CT molecular complexity index is 1510. The molecule has 4 aromatic rings. The largest absolute Gasteiger partial charge is 0.486 e. The third kappa shape index (κ3) is 7.34. The molecule has 0 radical (unpaired) electrons. The van der Waals surface area contributed by atoms with Crippen LogP contribution in [0.15, 0.2) is 74.7 Å². The summed E-state index contributed by atoms with van der Waals surface area (Å²) >= 11 is 9.50. The number of carbonyl (C=O) groups excluding carboxylic acids is 2. The molecule has 2 aromatic carbocycles. The van der Waals surface area contributed by atoms with Crippen molar-refractivity contribution < 1.29 is 28.2 Å². The van der Waals surface area contributed by atoms with Crippen molar-refractivity contribution in [3.63, 3.8) is 0 Å². The molecule has 208 valence electrons. The number of amides is 1. The van der Waals surface area contributed by atoms with Gasteiger partial charge in [0.1, 0.15) is 23.9 Å². The van der Waals surface area contributed by atoms with Crippen molar-refractivity contribution in [1.82, 2.24) is 9.99 Å². The highest BCUT2D eigenvalue weighted by atomic mass is 79.9. The second-order valence-electron chi connectivity index (χ2n) is 8.60. The van der Waals surface area contributed by atoms with Crippen LogP contribution in [0.1, 0.15) is 40.2 Å². The molecule has 11 heteroatoms. The topological polar surface area (TPSA) is 104 Å². The first-order valence-corrected chi connectivity index (χ1v) is 13.5. The third-order valence-electron chi connectivity index (χ3n) is 5.68. The van der Waals surface area contributed by atoms with E-state index in [1.807, 2.05) is 24.3 Å². The Balaban J connectivity index is 1.33. The lowest BCUT2D eigenvalue weighted by molar-refractivity contribution is -0.145. The summed E-state index contributed by atoms with van der Waals surface area (Å²) < 4.78 is 24.6. The van der Waals surface area contributed by atoms with Gasteiger partial charge >= 0.3 is 11.9 Å². The number of halogens is 2. The molecule has 0 unspecified atom stereocenters. The summed E-state index contributed by atoms with van der Waals surface area (Å²) in [7, 11) is 0. The van der Waals surface area contributed by atoms with Crippen LogP contribution in [0.2, 0.25) is 5.02 Å². The molecule has 40 heavy (non-hydrogen) atoms. The number of rotatable bonds is 11. The molecule has 0 aliphatic rings.